The van der Waals surface area contributed by atoms with Gasteiger partial charge in [0.15, 0.2) is 9.47 Å². The molecule has 0 saturated heterocycles. The van der Waals surface area contributed by atoms with Crippen molar-refractivity contribution < 1.29 is 9.53 Å². The quantitative estimate of drug-likeness (QED) is 0.454. The third kappa shape index (κ3) is 3.33. The molecule has 132 valence electrons. The first-order chi connectivity index (χ1) is 12.7. The maximum atomic E-state index is 12.2. The molecule has 0 aliphatic carbocycles. The highest BCUT2D eigenvalue weighted by atomic mass is 32.2. The van der Waals surface area contributed by atoms with E-state index in [1.54, 1.807) is 54.5 Å². The second kappa shape index (κ2) is 7.10. The number of ether oxygens (including phenoxy) is 1. The Morgan fingerprint density at radius 3 is 2.38 bits per heavy atom. The van der Waals surface area contributed by atoms with E-state index in [1.807, 2.05) is 18.4 Å². The number of hydrogen-bond acceptors (Lipinski definition) is 7. The highest BCUT2D eigenvalue weighted by Gasteiger charge is 2.13. The number of thiazole rings is 2. The summed E-state index contributed by atoms with van der Waals surface area (Å²) in [7, 11) is 1.60. The zero-order chi connectivity index (χ0) is 18.1. The monoisotopic (exact) mass is 402 g/mol. The van der Waals surface area contributed by atoms with Gasteiger partial charge in [-0.15, -0.1) is 11.3 Å². The number of methoxy groups -OCH3 is 1. The first-order valence-electron chi connectivity index (χ1n) is 7.62. The zero-order valence-corrected chi connectivity index (χ0v) is 16.3. The van der Waals surface area contributed by atoms with Gasteiger partial charge >= 0.3 is 6.03 Å². The van der Waals surface area contributed by atoms with Gasteiger partial charge in [0.2, 0.25) is 0 Å². The molecule has 0 saturated carbocycles. The number of carbonyl (C=O) groups is 1. The molecule has 0 unspecified atom stereocenters. The highest BCUT2D eigenvalue weighted by Crippen LogP contribution is 2.38. The first kappa shape index (κ1) is 17.1. The molecule has 0 bridgehead atoms. The van der Waals surface area contributed by atoms with E-state index in [0.717, 1.165) is 30.5 Å². The Morgan fingerprint density at radius 2 is 1.69 bits per heavy atom. The molecule has 2 aromatic heterocycles. The van der Waals surface area contributed by atoms with Crippen LogP contribution in [0.1, 0.15) is 0 Å². The predicted molar refractivity (Wildman–Crippen MR) is 110 cm³/mol. The minimum absolute atomic E-state index is 0.334. The van der Waals surface area contributed by atoms with E-state index in [-0.39, 0.29) is 6.03 Å². The van der Waals surface area contributed by atoms with E-state index in [4.69, 9.17) is 4.74 Å². The zero-order valence-electron chi connectivity index (χ0n) is 13.9. The molecule has 2 aromatic carbocycles. The Hall–Kier alpha value is -2.36. The molecule has 0 fully saturated rings. The van der Waals surface area contributed by atoms with Crippen molar-refractivity contribution in [2.75, 3.05) is 24.0 Å². The number of thioether (sulfide) groups is 1. The van der Waals surface area contributed by atoms with Gasteiger partial charge in [-0.05, 0) is 42.7 Å². The lowest BCUT2D eigenvalue weighted by molar-refractivity contribution is 0.262. The number of nitrogens with zero attached hydrogens (tertiary/aromatic N) is 2. The van der Waals surface area contributed by atoms with Gasteiger partial charge in [-0.3, -0.25) is 5.32 Å². The Balaban J connectivity index is 1.55. The molecule has 0 radical (unpaired) electrons. The van der Waals surface area contributed by atoms with E-state index in [0.29, 0.717) is 10.8 Å². The normalized spacial score (nSPS) is 11.0. The summed E-state index contributed by atoms with van der Waals surface area (Å²) in [6, 6.07) is 10.7. The van der Waals surface area contributed by atoms with Crippen LogP contribution in [-0.2, 0) is 0 Å². The Labute approximate surface area is 161 Å². The number of aromatic nitrogens is 2. The molecule has 0 spiro atoms. The fraction of sp³-hybridized carbons (Fsp3) is 0.118. The van der Waals surface area contributed by atoms with E-state index in [1.165, 1.54) is 11.3 Å². The Bertz CT molecular complexity index is 1090. The average Bonchev–Trinajstić information content (AvgIpc) is 3.24. The Kier molecular flexibility index (Phi) is 4.66. The van der Waals surface area contributed by atoms with Gasteiger partial charge in [0.25, 0.3) is 0 Å². The number of fused-ring (bicyclic) bond motifs is 3. The molecule has 2 heterocycles. The van der Waals surface area contributed by atoms with Crippen molar-refractivity contribution in [1.82, 2.24) is 9.97 Å². The van der Waals surface area contributed by atoms with E-state index >= 15 is 0 Å². The van der Waals surface area contributed by atoms with Crippen molar-refractivity contribution in [3.8, 4) is 5.75 Å². The summed E-state index contributed by atoms with van der Waals surface area (Å²) in [5, 5.41) is 6.14. The molecule has 9 heteroatoms. The van der Waals surface area contributed by atoms with Crippen molar-refractivity contribution in [1.29, 1.82) is 0 Å². The minimum atomic E-state index is -0.334. The summed E-state index contributed by atoms with van der Waals surface area (Å²) >= 11 is 4.73. The largest absolute Gasteiger partial charge is 0.497 e. The predicted octanol–water partition coefficient (Wildman–Crippen LogP) is 5.28. The van der Waals surface area contributed by atoms with E-state index in [9.17, 15) is 4.79 Å². The van der Waals surface area contributed by atoms with E-state index < -0.39 is 0 Å². The second-order valence-electron chi connectivity index (χ2n) is 5.27. The SMILES string of the molecule is COc1ccc(NC(=O)Nc2nc3ccc4nc(SC)sc4c3s2)cc1. The maximum absolute atomic E-state index is 12.2. The van der Waals surface area contributed by atoms with Crippen LogP contribution in [0.4, 0.5) is 15.6 Å². The summed E-state index contributed by atoms with van der Waals surface area (Å²) in [5.74, 6) is 0.736. The summed E-state index contributed by atoms with van der Waals surface area (Å²) < 4.78 is 8.27. The average molecular weight is 403 g/mol. The molecule has 0 atom stereocenters. The molecule has 6 nitrogen and oxygen atoms in total. The van der Waals surface area contributed by atoms with Crippen molar-refractivity contribution in [2.24, 2.45) is 0 Å². The Morgan fingerprint density at radius 1 is 1.00 bits per heavy atom. The van der Waals surface area contributed by atoms with Crippen molar-refractivity contribution in [3.63, 3.8) is 0 Å². The lowest BCUT2D eigenvalue weighted by Gasteiger charge is -2.06. The topological polar surface area (TPSA) is 76.1 Å². The van der Waals surface area contributed by atoms with Crippen LogP contribution in [0, 0.1) is 0 Å². The van der Waals surface area contributed by atoms with Crippen molar-refractivity contribution >= 4 is 71.7 Å². The fourth-order valence-corrected chi connectivity index (χ4v) is 5.08. The third-order valence-corrected chi connectivity index (χ3v) is 6.84. The van der Waals surface area contributed by atoms with Crippen LogP contribution in [0.2, 0.25) is 0 Å². The minimum Gasteiger partial charge on any atom is -0.497 e. The number of urea groups is 1. The molecule has 26 heavy (non-hydrogen) atoms. The lowest BCUT2D eigenvalue weighted by Crippen LogP contribution is -2.19. The summed E-state index contributed by atoms with van der Waals surface area (Å²) in [5.41, 5.74) is 2.50. The van der Waals surface area contributed by atoms with Gasteiger partial charge in [0.1, 0.15) is 5.75 Å². The summed E-state index contributed by atoms with van der Waals surface area (Å²) in [6.07, 6.45) is 2.01. The number of rotatable bonds is 4. The number of nitrogens with one attached hydrogen (secondary N) is 2. The molecule has 0 aliphatic heterocycles. The van der Waals surface area contributed by atoms with Gasteiger partial charge in [-0.1, -0.05) is 23.1 Å². The molecule has 2 N–H and O–H groups in total. The molecular formula is C17H14N4O2S3. The van der Waals surface area contributed by atoms with E-state index in [2.05, 4.69) is 20.6 Å². The number of carbonyl (C=O) groups excluding carboxylic acids is 1. The van der Waals surface area contributed by atoms with Gasteiger partial charge in [0.05, 0.1) is 27.5 Å². The van der Waals surface area contributed by atoms with Gasteiger partial charge in [-0.2, -0.15) is 0 Å². The number of benzene rings is 2. The number of hydrogen-bond donors (Lipinski definition) is 2. The maximum Gasteiger partial charge on any atom is 0.325 e. The van der Waals surface area contributed by atoms with Gasteiger partial charge in [-0.25, -0.2) is 14.8 Å². The number of amides is 2. The smallest absolute Gasteiger partial charge is 0.325 e. The number of anilines is 2. The van der Waals surface area contributed by atoms with Crippen molar-refractivity contribution in [2.45, 2.75) is 4.34 Å². The van der Waals surface area contributed by atoms with Crippen LogP contribution in [0.25, 0.3) is 20.4 Å². The van der Waals surface area contributed by atoms with Crippen LogP contribution in [0.15, 0.2) is 40.7 Å². The lowest BCUT2D eigenvalue weighted by atomic mass is 10.3. The second-order valence-corrected chi connectivity index (χ2v) is 8.32. The molecule has 0 aliphatic rings. The summed E-state index contributed by atoms with van der Waals surface area (Å²) in [4.78, 5) is 21.3. The van der Waals surface area contributed by atoms with Crippen LogP contribution in [-0.4, -0.2) is 29.4 Å². The van der Waals surface area contributed by atoms with Crippen LogP contribution >= 0.6 is 34.4 Å². The molecular weight excluding hydrogens is 388 g/mol. The van der Waals surface area contributed by atoms with Gasteiger partial charge < -0.3 is 10.1 Å². The van der Waals surface area contributed by atoms with Crippen LogP contribution in [0.5, 0.6) is 5.75 Å². The summed E-state index contributed by atoms with van der Waals surface area (Å²) in [6.45, 7) is 0. The van der Waals surface area contributed by atoms with Gasteiger partial charge in [0, 0.05) is 5.69 Å². The fourth-order valence-electron chi connectivity index (χ4n) is 2.43. The molecule has 4 aromatic rings. The standard InChI is InChI=1S/C17H14N4O2S3/c1-23-10-5-3-9(4-6-10)18-15(22)21-16-19-11-7-8-12-14(13(11)25-16)26-17(20-12)24-2/h3-8H,1-2H3,(H2,18,19,21,22). The molecule has 2 amide bonds. The van der Waals surface area contributed by atoms with Crippen LogP contribution in [0.3, 0.4) is 0 Å². The third-order valence-electron chi connectivity index (χ3n) is 3.64. The van der Waals surface area contributed by atoms with Crippen molar-refractivity contribution in [3.05, 3.63) is 36.4 Å². The molecule has 4 rings (SSSR count). The highest BCUT2D eigenvalue weighted by molar-refractivity contribution is 8.00. The van der Waals surface area contributed by atoms with Crippen LogP contribution < -0.4 is 15.4 Å². The first-order valence-corrected chi connectivity index (χ1v) is 10.5.